The quantitative estimate of drug-likeness (QED) is 0.670. The standard InChI is InChI=1S/C20H21N3O.H2O/c1-16-5-2-7-18(15-16)8-3-6-17-10-13-23(14-11-17)20-19(22-24)9-4-12-21-20;/h2,4-7,9,12,15H,10-11,13-14,22H2,1H3;1H2. The average Bonchev–Trinajstić information content (AvgIpc) is 2.62. The van der Waals surface area contributed by atoms with Gasteiger partial charge in [0.05, 0.1) is 0 Å². The third kappa shape index (κ3) is 4.91. The van der Waals surface area contributed by atoms with Crippen molar-refractivity contribution >= 4 is 11.5 Å². The number of pyridine rings is 1. The van der Waals surface area contributed by atoms with Crippen molar-refractivity contribution in [3.63, 3.8) is 0 Å². The zero-order chi connectivity index (χ0) is 16.8. The molecule has 0 spiro atoms. The molecule has 0 unspecified atom stereocenters. The summed E-state index contributed by atoms with van der Waals surface area (Å²) in [5, 5.41) is 11.1. The highest BCUT2D eigenvalue weighted by molar-refractivity contribution is 5.57. The Morgan fingerprint density at radius 3 is 2.72 bits per heavy atom. The number of hydrogen-bond donors (Lipinski definition) is 1. The number of nitrogens with two attached hydrogens (primary N) is 1. The Morgan fingerprint density at radius 2 is 2.00 bits per heavy atom. The number of nitrogens with zero attached hydrogens (tertiary/aromatic N) is 2. The molecular weight excluding hydrogens is 314 g/mol. The molecular formula is C20H23N3O2. The number of anilines is 1. The van der Waals surface area contributed by atoms with Gasteiger partial charge in [0.25, 0.3) is 0 Å². The summed E-state index contributed by atoms with van der Waals surface area (Å²) >= 11 is 0. The molecule has 0 atom stereocenters. The molecule has 0 saturated carbocycles. The van der Waals surface area contributed by atoms with Gasteiger partial charge in [-0.15, -0.1) is 0 Å². The topological polar surface area (TPSA) is 87.3 Å². The first kappa shape index (κ1) is 18.7. The minimum atomic E-state index is 0. The van der Waals surface area contributed by atoms with Gasteiger partial charge in [-0.25, -0.2) is 4.98 Å². The molecule has 0 aliphatic carbocycles. The van der Waals surface area contributed by atoms with Crippen LogP contribution in [0.5, 0.6) is 0 Å². The second kappa shape index (κ2) is 9.00. The van der Waals surface area contributed by atoms with Crippen molar-refractivity contribution < 1.29 is 11.0 Å². The summed E-state index contributed by atoms with van der Waals surface area (Å²) in [6.07, 6.45) is 5.69. The number of allylic oxidation sites excluding steroid dienone is 1. The normalized spacial score (nSPS) is 13.5. The fraction of sp³-hybridized carbons (Fsp3) is 0.250. The zero-order valence-corrected chi connectivity index (χ0v) is 14.3. The van der Waals surface area contributed by atoms with Gasteiger partial charge < -0.3 is 21.1 Å². The molecule has 0 amide bonds. The predicted octanol–water partition coefficient (Wildman–Crippen LogP) is 1.84. The van der Waals surface area contributed by atoms with Crippen molar-refractivity contribution in [2.45, 2.75) is 19.8 Å². The Labute approximate surface area is 148 Å². The van der Waals surface area contributed by atoms with Crippen LogP contribution in [0, 0.1) is 24.0 Å². The average molecular weight is 337 g/mol. The van der Waals surface area contributed by atoms with E-state index in [1.807, 2.05) is 24.3 Å². The SMILES string of the molecule is Cc1cccc(C#CC=C2CCN(c3ncccc3[NH2+][O-])CC2)c1.O. The fourth-order valence-corrected chi connectivity index (χ4v) is 2.86. The highest BCUT2D eigenvalue weighted by atomic mass is 16.5. The van der Waals surface area contributed by atoms with Crippen molar-refractivity contribution in [3.05, 3.63) is 70.6 Å². The van der Waals surface area contributed by atoms with E-state index in [-0.39, 0.29) is 5.48 Å². The highest BCUT2D eigenvalue weighted by Gasteiger charge is 2.18. The second-order valence-corrected chi connectivity index (χ2v) is 5.96. The molecule has 25 heavy (non-hydrogen) atoms. The van der Waals surface area contributed by atoms with Crippen molar-refractivity contribution in [2.75, 3.05) is 18.0 Å². The van der Waals surface area contributed by atoms with E-state index in [4.69, 9.17) is 0 Å². The van der Waals surface area contributed by atoms with Crippen molar-refractivity contribution in [3.8, 4) is 11.8 Å². The van der Waals surface area contributed by atoms with E-state index in [1.54, 1.807) is 12.3 Å². The first-order chi connectivity index (χ1) is 11.8. The van der Waals surface area contributed by atoms with Crippen molar-refractivity contribution in [2.24, 2.45) is 0 Å². The summed E-state index contributed by atoms with van der Waals surface area (Å²) in [6, 6.07) is 11.8. The van der Waals surface area contributed by atoms with Crippen LogP contribution < -0.4 is 10.4 Å². The molecule has 0 bridgehead atoms. The molecule has 1 fully saturated rings. The van der Waals surface area contributed by atoms with E-state index in [0.717, 1.165) is 42.8 Å². The van der Waals surface area contributed by atoms with E-state index in [1.165, 1.54) is 11.1 Å². The number of aromatic nitrogens is 1. The molecule has 2 aromatic rings. The number of hydrogen-bond acceptors (Lipinski definition) is 3. The minimum absolute atomic E-state index is 0. The van der Waals surface area contributed by atoms with E-state index >= 15 is 0 Å². The number of quaternary nitrogens is 1. The molecule has 3 rings (SSSR count). The van der Waals surface area contributed by atoms with E-state index in [0.29, 0.717) is 5.69 Å². The van der Waals surface area contributed by atoms with Crippen LogP contribution in [0.15, 0.2) is 54.2 Å². The van der Waals surface area contributed by atoms with Gasteiger partial charge in [-0.1, -0.05) is 29.5 Å². The maximum Gasteiger partial charge on any atom is 0.191 e. The Kier molecular flexibility index (Phi) is 6.72. The monoisotopic (exact) mass is 337 g/mol. The number of aryl methyl sites for hydroxylation is 1. The minimum Gasteiger partial charge on any atom is -0.630 e. The number of rotatable bonds is 2. The molecule has 130 valence electrons. The van der Waals surface area contributed by atoms with Gasteiger partial charge in [0.2, 0.25) is 0 Å². The Balaban J connectivity index is 0.00000225. The van der Waals surface area contributed by atoms with Crippen LogP contribution in [0.4, 0.5) is 11.5 Å². The lowest BCUT2D eigenvalue weighted by molar-refractivity contribution is -0.496. The third-order valence-corrected chi connectivity index (χ3v) is 4.16. The lowest BCUT2D eigenvalue weighted by atomic mass is 10.0. The Bertz CT molecular complexity index is 796. The van der Waals surface area contributed by atoms with Crippen LogP contribution in [0.2, 0.25) is 0 Å². The first-order valence-corrected chi connectivity index (χ1v) is 8.17. The molecule has 1 saturated heterocycles. The summed E-state index contributed by atoms with van der Waals surface area (Å²) in [5.41, 5.74) is 5.16. The summed E-state index contributed by atoms with van der Waals surface area (Å²) in [4.78, 5) is 6.53. The smallest absolute Gasteiger partial charge is 0.191 e. The first-order valence-electron chi connectivity index (χ1n) is 8.17. The molecule has 4 N–H and O–H groups in total. The third-order valence-electron chi connectivity index (χ3n) is 4.16. The molecule has 1 aromatic heterocycles. The maximum atomic E-state index is 11.1. The Hall–Kier alpha value is -2.65. The van der Waals surface area contributed by atoms with Crippen LogP contribution >= 0.6 is 0 Å². The fourth-order valence-electron chi connectivity index (χ4n) is 2.86. The molecule has 1 aromatic carbocycles. The second-order valence-electron chi connectivity index (χ2n) is 5.96. The van der Waals surface area contributed by atoms with Gasteiger partial charge in [-0.05, 0) is 49.6 Å². The lowest BCUT2D eigenvalue weighted by Crippen LogP contribution is -2.70. The number of piperidine rings is 1. The van der Waals surface area contributed by atoms with E-state index in [2.05, 4.69) is 40.8 Å². The van der Waals surface area contributed by atoms with Gasteiger partial charge in [0, 0.05) is 30.9 Å². The molecule has 1 aliphatic rings. The van der Waals surface area contributed by atoms with Gasteiger partial charge in [-0.3, -0.25) is 0 Å². The molecule has 5 heteroatoms. The lowest BCUT2D eigenvalue weighted by Gasteiger charge is -2.29. The van der Waals surface area contributed by atoms with E-state index < -0.39 is 0 Å². The zero-order valence-electron chi connectivity index (χ0n) is 14.3. The van der Waals surface area contributed by atoms with Crippen LogP contribution in [0.3, 0.4) is 0 Å². The van der Waals surface area contributed by atoms with Gasteiger partial charge in [0.15, 0.2) is 11.5 Å². The van der Waals surface area contributed by atoms with Gasteiger partial charge >= 0.3 is 0 Å². The van der Waals surface area contributed by atoms with Crippen LogP contribution in [0.1, 0.15) is 24.0 Å². The summed E-state index contributed by atoms with van der Waals surface area (Å²) < 4.78 is 0. The summed E-state index contributed by atoms with van der Waals surface area (Å²) in [7, 11) is 0. The molecule has 2 heterocycles. The number of benzene rings is 1. The van der Waals surface area contributed by atoms with Crippen LogP contribution in [-0.2, 0) is 0 Å². The van der Waals surface area contributed by atoms with Crippen LogP contribution in [-0.4, -0.2) is 23.5 Å². The van der Waals surface area contributed by atoms with Gasteiger partial charge in [0.1, 0.15) is 0 Å². The largest absolute Gasteiger partial charge is 0.630 e. The molecule has 1 aliphatic heterocycles. The maximum absolute atomic E-state index is 11.1. The van der Waals surface area contributed by atoms with Gasteiger partial charge in [-0.2, -0.15) is 0 Å². The summed E-state index contributed by atoms with van der Waals surface area (Å²) in [6.45, 7) is 3.82. The van der Waals surface area contributed by atoms with Crippen molar-refractivity contribution in [1.82, 2.24) is 4.98 Å². The Morgan fingerprint density at radius 1 is 1.20 bits per heavy atom. The molecule has 5 nitrogen and oxygen atoms in total. The summed E-state index contributed by atoms with van der Waals surface area (Å²) in [5.74, 6) is 7.16. The van der Waals surface area contributed by atoms with E-state index in [9.17, 15) is 5.21 Å². The highest BCUT2D eigenvalue weighted by Crippen LogP contribution is 2.24. The predicted molar refractivity (Wildman–Crippen MR) is 100 cm³/mol. The van der Waals surface area contributed by atoms with Crippen molar-refractivity contribution in [1.29, 1.82) is 0 Å². The molecule has 0 radical (unpaired) electrons. The van der Waals surface area contributed by atoms with Crippen LogP contribution in [0.25, 0.3) is 0 Å².